The van der Waals surface area contributed by atoms with Crippen LogP contribution in [0.3, 0.4) is 0 Å². The van der Waals surface area contributed by atoms with Gasteiger partial charge in [0.25, 0.3) is 0 Å². The number of nitrogens with zero attached hydrogens (tertiary/aromatic N) is 2. The molecule has 3 atom stereocenters. The third-order valence-corrected chi connectivity index (χ3v) is 8.91. The van der Waals surface area contributed by atoms with Crippen LogP contribution < -0.4 is 15.0 Å². The number of aliphatic hydroxyl groups is 1. The third-order valence-electron chi connectivity index (χ3n) is 8.91. The lowest BCUT2D eigenvalue weighted by Crippen LogP contribution is -2.51. The van der Waals surface area contributed by atoms with Gasteiger partial charge in [-0.05, 0) is 105 Å². The van der Waals surface area contributed by atoms with Gasteiger partial charge in [0, 0.05) is 51.4 Å². The lowest BCUT2D eigenvalue weighted by atomic mass is 9.52. The molecule has 1 heterocycles. The monoisotopic (exact) mass is 515 g/mol. The van der Waals surface area contributed by atoms with E-state index in [2.05, 4.69) is 73.4 Å². The highest BCUT2D eigenvalue weighted by Crippen LogP contribution is 2.55. The Hall–Kier alpha value is -3.01. The second-order valence-corrected chi connectivity index (χ2v) is 11.6. The molecular weight excluding hydrogens is 474 g/mol. The first-order valence-electron chi connectivity index (χ1n) is 14.0. The summed E-state index contributed by atoms with van der Waals surface area (Å²) in [6.45, 7) is 6.91. The van der Waals surface area contributed by atoms with Gasteiger partial charge >= 0.3 is 6.09 Å². The molecule has 2 fully saturated rings. The number of hydrogen-bond acceptors (Lipinski definition) is 5. The van der Waals surface area contributed by atoms with Gasteiger partial charge in [0.15, 0.2) is 0 Å². The van der Waals surface area contributed by atoms with Gasteiger partial charge in [0.1, 0.15) is 11.4 Å². The van der Waals surface area contributed by atoms with Crippen molar-refractivity contribution >= 4 is 11.8 Å². The second-order valence-electron chi connectivity index (χ2n) is 11.6. The van der Waals surface area contributed by atoms with E-state index >= 15 is 0 Å². The quantitative estimate of drug-likeness (QED) is 0.590. The van der Waals surface area contributed by atoms with Crippen LogP contribution in [0.25, 0.3) is 0 Å². The Bertz CT molecular complexity index is 1240. The van der Waals surface area contributed by atoms with Crippen molar-refractivity contribution in [3.8, 4) is 17.6 Å². The van der Waals surface area contributed by atoms with E-state index < -0.39 is 5.60 Å². The minimum atomic E-state index is -0.915. The van der Waals surface area contributed by atoms with Crippen LogP contribution in [0.2, 0.25) is 0 Å². The molecule has 1 amide bonds. The smallest absolute Gasteiger partial charge is 0.410 e. The maximum Gasteiger partial charge on any atom is 0.415 e. The van der Waals surface area contributed by atoms with Crippen molar-refractivity contribution in [2.24, 2.45) is 5.92 Å². The molecule has 3 aliphatic rings. The molecule has 0 aromatic heterocycles. The van der Waals surface area contributed by atoms with E-state index in [-0.39, 0.29) is 11.5 Å². The molecule has 0 spiro atoms. The number of anilines is 1. The molecule has 38 heavy (non-hydrogen) atoms. The van der Waals surface area contributed by atoms with Crippen molar-refractivity contribution in [2.75, 3.05) is 45.2 Å². The van der Waals surface area contributed by atoms with Crippen LogP contribution in [-0.2, 0) is 18.3 Å². The van der Waals surface area contributed by atoms with Crippen molar-refractivity contribution in [3.05, 3.63) is 58.7 Å². The van der Waals surface area contributed by atoms with Crippen LogP contribution in [-0.4, -0.2) is 62.0 Å². The van der Waals surface area contributed by atoms with Gasteiger partial charge in [-0.15, -0.1) is 5.92 Å². The molecule has 6 heteroatoms. The van der Waals surface area contributed by atoms with E-state index in [4.69, 9.17) is 4.74 Å². The fourth-order valence-corrected chi connectivity index (χ4v) is 7.13. The summed E-state index contributed by atoms with van der Waals surface area (Å²) in [5.74, 6) is 7.07. The maximum absolute atomic E-state index is 12.8. The summed E-state index contributed by atoms with van der Waals surface area (Å²) in [6, 6.07) is 13.0. The summed E-state index contributed by atoms with van der Waals surface area (Å²) in [5.41, 5.74) is 5.35. The first kappa shape index (κ1) is 26.6. The van der Waals surface area contributed by atoms with Gasteiger partial charge in [0.2, 0.25) is 0 Å². The average Bonchev–Trinajstić information content (AvgIpc) is 2.90. The minimum absolute atomic E-state index is 0.0833. The zero-order valence-corrected chi connectivity index (χ0v) is 23.3. The minimum Gasteiger partial charge on any atom is -0.410 e. The Labute approximate surface area is 227 Å². The number of fused-ring (bicyclic) bond motifs is 3. The number of carbonyl (C=O) groups is 1. The molecule has 6 nitrogen and oxygen atoms in total. The number of hydrogen-bond donors (Lipinski definition) is 2. The summed E-state index contributed by atoms with van der Waals surface area (Å²) in [5, 5.41) is 14.6. The van der Waals surface area contributed by atoms with Crippen molar-refractivity contribution in [3.63, 3.8) is 0 Å². The number of rotatable bonds is 4. The molecule has 2 aliphatic carbocycles. The largest absolute Gasteiger partial charge is 0.415 e. The molecular formula is C32H41N3O3. The van der Waals surface area contributed by atoms with Gasteiger partial charge in [-0.3, -0.25) is 0 Å². The summed E-state index contributed by atoms with van der Waals surface area (Å²) >= 11 is 0. The van der Waals surface area contributed by atoms with Crippen LogP contribution >= 0.6 is 0 Å². The first-order chi connectivity index (χ1) is 18.2. The number of amides is 1. The molecule has 2 aromatic carbocycles. The highest BCUT2D eigenvalue weighted by atomic mass is 16.6. The Morgan fingerprint density at radius 2 is 1.92 bits per heavy atom. The Kier molecular flexibility index (Phi) is 7.44. The first-order valence-corrected chi connectivity index (χ1v) is 14.0. The molecule has 1 aliphatic heterocycles. The fourth-order valence-electron chi connectivity index (χ4n) is 7.13. The summed E-state index contributed by atoms with van der Waals surface area (Å²) in [7, 11) is 4.13. The highest BCUT2D eigenvalue weighted by molar-refractivity contribution is 5.71. The normalized spacial score (nSPS) is 26.4. The van der Waals surface area contributed by atoms with Crippen LogP contribution in [0.4, 0.5) is 10.5 Å². The van der Waals surface area contributed by atoms with E-state index in [1.165, 1.54) is 27.9 Å². The van der Waals surface area contributed by atoms with Crippen LogP contribution in [0, 0.1) is 24.7 Å². The molecule has 2 aromatic rings. The van der Waals surface area contributed by atoms with Crippen molar-refractivity contribution < 1.29 is 14.6 Å². The number of carbonyl (C=O) groups excluding carboxylic acids is 1. The van der Waals surface area contributed by atoms with Crippen molar-refractivity contribution in [1.29, 1.82) is 0 Å². The van der Waals surface area contributed by atoms with Gasteiger partial charge in [-0.2, -0.15) is 0 Å². The molecule has 5 rings (SSSR count). The second kappa shape index (κ2) is 10.6. The predicted molar refractivity (Wildman–Crippen MR) is 152 cm³/mol. The van der Waals surface area contributed by atoms with Crippen molar-refractivity contribution in [1.82, 2.24) is 10.2 Å². The van der Waals surface area contributed by atoms with Crippen LogP contribution in [0.15, 0.2) is 36.4 Å². The van der Waals surface area contributed by atoms with Gasteiger partial charge in [-0.1, -0.05) is 18.1 Å². The zero-order valence-electron chi connectivity index (χ0n) is 23.3. The average molecular weight is 516 g/mol. The number of piperazine rings is 1. The maximum atomic E-state index is 12.8. The summed E-state index contributed by atoms with van der Waals surface area (Å²) < 4.78 is 5.88. The highest BCUT2D eigenvalue weighted by Gasteiger charge is 2.52. The SMILES string of the molecule is CC#CC1(O)CCC2(Cc3ccc(N(C)C)cc3)c3c(C)cc(OC(=O)N4CCNCC4)cc3CCC2C1. The molecule has 0 bridgehead atoms. The van der Waals surface area contributed by atoms with Gasteiger partial charge < -0.3 is 25.0 Å². The van der Waals surface area contributed by atoms with E-state index in [0.717, 1.165) is 38.8 Å². The molecule has 0 radical (unpaired) electrons. The lowest BCUT2D eigenvalue weighted by molar-refractivity contribution is -0.00826. The Morgan fingerprint density at radius 3 is 2.61 bits per heavy atom. The third kappa shape index (κ3) is 5.15. The zero-order chi connectivity index (χ0) is 26.9. The standard InChI is InChI=1S/C32H41N3O3/c1-5-12-31(37)13-14-32(21-24-6-10-27(11-7-24)34(3)4)26(22-31)9-8-25-20-28(19-23(2)29(25)32)38-30(36)35-17-15-33-16-18-35/h6-7,10-11,19-20,26,33,37H,8-9,13-18,21-22H2,1-4H3. The molecule has 1 saturated carbocycles. The van der Waals surface area contributed by atoms with Gasteiger partial charge in [0.05, 0.1) is 0 Å². The molecule has 202 valence electrons. The summed E-state index contributed by atoms with van der Waals surface area (Å²) in [4.78, 5) is 16.7. The lowest BCUT2D eigenvalue weighted by Gasteiger charge is -2.53. The molecule has 3 unspecified atom stereocenters. The summed E-state index contributed by atoms with van der Waals surface area (Å²) in [6.07, 6.45) is 4.81. The predicted octanol–water partition coefficient (Wildman–Crippen LogP) is 4.45. The van der Waals surface area contributed by atoms with E-state index in [1.807, 2.05) is 13.0 Å². The van der Waals surface area contributed by atoms with Crippen LogP contribution in [0.5, 0.6) is 5.75 Å². The van der Waals surface area contributed by atoms with Crippen LogP contribution in [0.1, 0.15) is 54.9 Å². The number of nitrogens with one attached hydrogen (secondary N) is 1. The number of benzene rings is 2. The van der Waals surface area contributed by atoms with Gasteiger partial charge in [-0.25, -0.2) is 4.79 Å². The van der Waals surface area contributed by atoms with E-state index in [0.29, 0.717) is 37.6 Å². The Balaban J connectivity index is 1.50. The number of aryl methyl sites for hydroxylation is 2. The Morgan fingerprint density at radius 1 is 1.18 bits per heavy atom. The number of ether oxygens (including phenoxy) is 1. The van der Waals surface area contributed by atoms with Crippen molar-refractivity contribution in [2.45, 2.75) is 63.4 Å². The molecule has 2 N–H and O–H groups in total. The topological polar surface area (TPSA) is 65.0 Å². The fraction of sp³-hybridized carbons (Fsp3) is 0.531. The van der Waals surface area contributed by atoms with E-state index in [1.54, 1.807) is 4.90 Å². The molecule has 1 saturated heterocycles. The van der Waals surface area contributed by atoms with E-state index in [9.17, 15) is 9.90 Å².